The van der Waals surface area contributed by atoms with Gasteiger partial charge in [0.1, 0.15) is 0 Å². The summed E-state index contributed by atoms with van der Waals surface area (Å²) in [7, 11) is 0. The number of hydrogen-bond acceptors (Lipinski definition) is 1. The molecule has 1 unspecified atom stereocenters. The molecule has 0 bridgehead atoms. The second kappa shape index (κ2) is 6.93. The molecule has 112 valence electrons. The molecule has 2 heteroatoms. The van der Waals surface area contributed by atoms with E-state index in [4.69, 9.17) is 11.6 Å². The van der Waals surface area contributed by atoms with Crippen LogP contribution in [0.1, 0.15) is 36.0 Å². The van der Waals surface area contributed by atoms with E-state index in [1.807, 2.05) is 24.3 Å². The van der Waals surface area contributed by atoms with Crippen LogP contribution in [0.5, 0.6) is 0 Å². The molecule has 0 heterocycles. The Labute approximate surface area is 136 Å². The Balaban J connectivity index is 1.90. The molecule has 1 aliphatic carbocycles. The third-order valence-corrected chi connectivity index (χ3v) is 4.54. The third kappa shape index (κ3) is 3.48. The quantitative estimate of drug-likeness (QED) is 0.574. The standard InChI is InChI=1S/C20H19ClO/c21-19-12-6-11-18(20(19)22)14-17-10-5-4-9-16(17)13-15-7-2-1-3-8-15/h1-5,7-10,14,19H,6,11-13H2. The fourth-order valence-corrected chi connectivity index (χ4v) is 3.20. The molecular weight excluding hydrogens is 292 g/mol. The molecular formula is C20H19ClO. The largest absolute Gasteiger partial charge is 0.293 e. The summed E-state index contributed by atoms with van der Waals surface area (Å²) in [6.07, 6.45) is 5.53. The summed E-state index contributed by atoms with van der Waals surface area (Å²) in [5.74, 6) is 0.0995. The zero-order valence-electron chi connectivity index (χ0n) is 12.5. The van der Waals surface area contributed by atoms with Gasteiger partial charge in [0.15, 0.2) is 5.78 Å². The molecule has 1 saturated carbocycles. The van der Waals surface area contributed by atoms with Gasteiger partial charge in [-0.25, -0.2) is 0 Å². The van der Waals surface area contributed by atoms with Gasteiger partial charge in [0.2, 0.25) is 0 Å². The summed E-state index contributed by atoms with van der Waals surface area (Å²) in [6.45, 7) is 0. The molecule has 1 fully saturated rings. The number of ketones is 1. The number of carbonyl (C=O) groups is 1. The van der Waals surface area contributed by atoms with E-state index in [-0.39, 0.29) is 11.2 Å². The van der Waals surface area contributed by atoms with Gasteiger partial charge < -0.3 is 0 Å². The topological polar surface area (TPSA) is 17.1 Å². The molecule has 2 aromatic carbocycles. The van der Waals surface area contributed by atoms with Crippen LogP contribution in [0.15, 0.2) is 60.2 Å². The number of allylic oxidation sites excluding steroid dienone is 1. The molecule has 3 rings (SSSR count). The molecule has 0 amide bonds. The minimum absolute atomic E-state index is 0.0995. The molecule has 0 saturated heterocycles. The van der Waals surface area contributed by atoms with Crippen molar-refractivity contribution in [3.05, 3.63) is 76.9 Å². The number of benzene rings is 2. The summed E-state index contributed by atoms with van der Waals surface area (Å²) in [4.78, 5) is 12.2. The van der Waals surface area contributed by atoms with Gasteiger partial charge in [-0.3, -0.25) is 4.79 Å². The fraction of sp³-hybridized carbons (Fsp3) is 0.250. The van der Waals surface area contributed by atoms with Crippen molar-refractivity contribution in [2.45, 2.75) is 31.1 Å². The Kier molecular flexibility index (Phi) is 4.74. The van der Waals surface area contributed by atoms with E-state index in [2.05, 4.69) is 36.4 Å². The van der Waals surface area contributed by atoms with Gasteiger partial charge in [-0.05, 0) is 54.0 Å². The Hall–Kier alpha value is -1.86. The van der Waals surface area contributed by atoms with Crippen LogP contribution < -0.4 is 0 Å². The van der Waals surface area contributed by atoms with Gasteiger partial charge in [0.25, 0.3) is 0 Å². The summed E-state index contributed by atoms with van der Waals surface area (Å²) < 4.78 is 0. The molecule has 22 heavy (non-hydrogen) atoms. The molecule has 0 radical (unpaired) electrons. The highest BCUT2D eigenvalue weighted by Crippen LogP contribution is 2.27. The lowest BCUT2D eigenvalue weighted by molar-refractivity contribution is -0.116. The van der Waals surface area contributed by atoms with Crippen molar-refractivity contribution in [2.24, 2.45) is 0 Å². The van der Waals surface area contributed by atoms with Crippen molar-refractivity contribution in [2.75, 3.05) is 0 Å². The number of Topliss-reactive ketones (excluding diaryl/α,β-unsaturated/α-hetero) is 1. The highest BCUT2D eigenvalue weighted by molar-refractivity contribution is 6.34. The fourth-order valence-electron chi connectivity index (χ4n) is 2.91. The van der Waals surface area contributed by atoms with E-state index in [1.54, 1.807) is 0 Å². The van der Waals surface area contributed by atoms with E-state index < -0.39 is 0 Å². The zero-order valence-corrected chi connectivity index (χ0v) is 13.2. The van der Waals surface area contributed by atoms with Gasteiger partial charge >= 0.3 is 0 Å². The zero-order chi connectivity index (χ0) is 15.4. The van der Waals surface area contributed by atoms with E-state index in [9.17, 15) is 4.79 Å². The maximum atomic E-state index is 12.2. The smallest absolute Gasteiger partial charge is 0.176 e. The van der Waals surface area contributed by atoms with Gasteiger partial charge in [0.05, 0.1) is 5.38 Å². The number of carbonyl (C=O) groups excluding carboxylic acids is 1. The first-order valence-electron chi connectivity index (χ1n) is 7.75. The molecule has 1 atom stereocenters. The summed E-state index contributed by atoms with van der Waals surface area (Å²) in [5.41, 5.74) is 4.51. The SMILES string of the molecule is O=C1C(=Cc2ccccc2Cc2ccccc2)CCCC1Cl. The van der Waals surface area contributed by atoms with Crippen LogP contribution in [-0.2, 0) is 11.2 Å². The van der Waals surface area contributed by atoms with Crippen molar-refractivity contribution in [3.8, 4) is 0 Å². The van der Waals surface area contributed by atoms with Crippen LogP contribution in [-0.4, -0.2) is 11.2 Å². The number of halogens is 1. The third-order valence-electron chi connectivity index (χ3n) is 4.13. The van der Waals surface area contributed by atoms with Crippen LogP contribution in [0.4, 0.5) is 0 Å². The number of rotatable bonds is 3. The van der Waals surface area contributed by atoms with Crippen molar-refractivity contribution >= 4 is 23.5 Å². The second-order valence-corrected chi connectivity index (χ2v) is 6.28. The molecule has 0 spiro atoms. The molecule has 1 nitrogen and oxygen atoms in total. The molecule has 1 aliphatic rings. The normalized spacial score (nSPS) is 20.3. The highest BCUT2D eigenvalue weighted by atomic mass is 35.5. The predicted octanol–water partition coefficient (Wildman–Crippen LogP) is 5.02. The first-order valence-corrected chi connectivity index (χ1v) is 8.18. The van der Waals surface area contributed by atoms with E-state index in [0.29, 0.717) is 0 Å². The summed E-state index contributed by atoms with van der Waals surface area (Å²) in [5, 5.41) is -0.346. The lowest BCUT2D eigenvalue weighted by Crippen LogP contribution is -2.21. The average molecular weight is 311 g/mol. The first kappa shape index (κ1) is 15.1. The van der Waals surface area contributed by atoms with Crippen LogP contribution in [0, 0.1) is 0 Å². The van der Waals surface area contributed by atoms with Gasteiger partial charge in [0, 0.05) is 0 Å². The van der Waals surface area contributed by atoms with Gasteiger partial charge in [-0.15, -0.1) is 11.6 Å². The monoisotopic (exact) mass is 310 g/mol. The first-order chi connectivity index (χ1) is 10.7. The van der Waals surface area contributed by atoms with Crippen molar-refractivity contribution in [3.63, 3.8) is 0 Å². The summed E-state index contributed by atoms with van der Waals surface area (Å²) in [6, 6.07) is 18.7. The van der Waals surface area contributed by atoms with Crippen LogP contribution in [0.25, 0.3) is 6.08 Å². The molecule has 0 aliphatic heterocycles. The van der Waals surface area contributed by atoms with Gasteiger partial charge in [-0.1, -0.05) is 54.6 Å². The Morgan fingerprint density at radius 2 is 1.77 bits per heavy atom. The summed E-state index contributed by atoms with van der Waals surface area (Å²) >= 11 is 6.11. The lowest BCUT2D eigenvalue weighted by Gasteiger charge is -2.18. The Morgan fingerprint density at radius 1 is 1.05 bits per heavy atom. The van der Waals surface area contributed by atoms with E-state index in [0.717, 1.165) is 36.8 Å². The van der Waals surface area contributed by atoms with E-state index >= 15 is 0 Å². The van der Waals surface area contributed by atoms with Gasteiger partial charge in [-0.2, -0.15) is 0 Å². The second-order valence-electron chi connectivity index (χ2n) is 5.75. The van der Waals surface area contributed by atoms with Crippen molar-refractivity contribution in [1.29, 1.82) is 0 Å². The minimum Gasteiger partial charge on any atom is -0.293 e. The highest BCUT2D eigenvalue weighted by Gasteiger charge is 2.24. The average Bonchev–Trinajstić information content (AvgIpc) is 2.55. The van der Waals surface area contributed by atoms with E-state index in [1.165, 1.54) is 11.1 Å². The molecule has 0 aromatic heterocycles. The lowest BCUT2D eigenvalue weighted by atomic mass is 9.90. The number of alkyl halides is 1. The van der Waals surface area contributed by atoms with Crippen molar-refractivity contribution < 1.29 is 4.79 Å². The van der Waals surface area contributed by atoms with Crippen LogP contribution in [0.3, 0.4) is 0 Å². The Bertz CT molecular complexity index is 688. The Morgan fingerprint density at radius 3 is 2.59 bits per heavy atom. The number of hydrogen-bond donors (Lipinski definition) is 0. The maximum Gasteiger partial charge on any atom is 0.176 e. The molecule has 2 aromatic rings. The van der Waals surface area contributed by atoms with Crippen molar-refractivity contribution in [1.82, 2.24) is 0 Å². The molecule has 0 N–H and O–H groups in total. The van der Waals surface area contributed by atoms with Crippen LogP contribution >= 0.6 is 11.6 Å². The predicted molar refractivity (Wildman–Crippen MR) is 92.2 cm³/mol. The van der Waals surface area contributed by atoms with Crippen LogP contribution in [0.2, 0.25) is 0 Å². The maximum absolute atomic E-state index is 12.2. The minimum atomic E-state index is -0.346.